The van der Waals surface area contributed by atoms with E-state index in [0.717, 1.165) is 11.3 Å². The summed E-state index contributed by atoms with van der Waals surface area (Å²) in [5, 5.41) is 23.1. The van der Waals surface area contributed by atoms with E-state index in [1.807, 2.05) is 4.90 Å². The van der Waals surface area contributed by atoms with Crippen molar-refractivity contribution in [2.45, 2.75) is 32.0 Å². The van der Waals surface area contributed by atoms with E-state index in [9.17, 15) is 13.9 Å². The van der Waals surface area contributed by atoms with Gasteiger partial charge in [0.2, 0.25) is 5.95 Å². The highest BCUT2D eigenvalue weighted by Gasteiger charge is 2.24. The molecule has 0 atom stereocenters. The van der Waals surface area contributed by atoms with Gasteiger partial charge in [-0.3, -0.25) is 5.10 Å². The Balaban J connectivity index is 1.44. The molecule has 4 heterocycles. The summed E-state index contributed by atoms with van der Waals surface area (Å²) in [5.41, 5.74) is 3.70. The number of aliphatic hydroxyl groups is 1. The topological polar surface area (TPSA) is 102 Å². The van der Waals surface area contributed by atoms with Gasteiger partial charge in [0.15, 0.2) is 0 Å². The lowest BCUT2D eigenvalue weighted by molar-refractivity contribution is 0.145. The molecule has 1 fully saturated rings. The van der Waals surface area contributed by atoms with Crippen molar-refractivity contribution in [1.29, 1.82) is 0 Å². The van der Waals surface area contributed by atoms with E-state index in [0.29, 0.717) is 67.5 Å². The lowest BCUT2D eigenvalue weighted by atomic mass is 9.99. The molecule has 0 amide bonds. The van der Waals surface area contributed by atoms with Crippen molar-refractivity contribution in [3.8, 4) is 11.3 Å². The van der Waals surface area contributed by atoms with Crippen molar-refractivity contribution in [3.05, 3.63) is 58.5 Å². The molecule has 0 aliphatic carbocycles. The summed E-state index contributed by atoms with van der Waals surface area (Å²) in [6.07, 6.45) is 6.24. The number of anilines is 1. The Hall–Kier alpha value is -3.37. The number of aromatic amines is 1. The third-order valence-electron chi connectivity index (χ3n) is 6.04. The maximum Gasteiger partial charge on any atom is 0.225 e. The Bertz CT molecular complexity index is 1160. The van der Waals surface area contributed by atoms with Crippen LogP contribution in [0.4, 0.5) is 14.7 Å². The molecule has 8 nitrogen and oxygen atoms in total. The lowest BCUT2D eigenvalue weighted by Crippen LogP contribution is -2.36. The molecule has 2 aliphatic rings. The minimum Gasteiger partial charge on any atom is -0.393 e. The molecule has 5 rings (SSSR count). The molecule has 172 valence electrons. The van der Waals surface area contributed by atoms with Gasteiger partial charge in [-0.05, 0) is 43.7 Å². The number of piperidine rings is 1. The van der Waals surface area contributed by atoms with Crippen molar-refractivity contribution in [1.82, 2.24) is 30.8 Å². The van der Waals surface area contributed by atoms with Crippen LogP contribution in [-0.2, 0) is 13.1 Å². The van der Waals surface area contributed by atoms with Gasteiger partial charge in [-0.15, -0.1) is 0 Å². The van der Waals surface area contributed by atoms with E-state index >= 15 is 0 Å². The number of benzene rings is 1. The van der Waals surface area contributed by atoms with E-state index in [2.05, 4.69) is 30.8 Å². The average molecular weight is 453 g/mol. The highest BCUT2D eigenvalue weighted by atomic mass is 19.1. The van der Waals surface area contributed by atoms with Gasteiger partial charge < -0.3 is 20.6 Å². The zero-order valence-corrected chi connectivity index (χ0v) is 18.2. The van der Waals surface area contributed by atoms with Crippen LogP contribution in [0.3, 0.4) is 0 Å². The van der Waals surface area contributed by atoms with Crippen molar-refractivity contribution >= 4 is 17.7 Å². The minimum absolute atomic E-state index is 0.0912. The summed E-state index contributed by atoms with van der Waals surface area (Å²) in [4.78, 5) is 11.0. The highest BCUT2D eigenvalue weighted by molar-refractivity contribution is 5.88. The number of nitrogens with zero attached hydrogens (tertiary/aromatic N) is 4. The van der Waals surface area contributed by atoms with Crippen LogP contribution >= 0.6 is 0 Å². The van der Waals surface area contributed by atoms with Crippen molar-refractivity contribution < 1.29 is 13.9 Å². The van der Waals surface area contributed by atoms with Gasteiger partial charge in [0.1, 0.15) is 17.3 Å². The predicted molar refractivity (Wildman–Crippen MR) is 121 cm³/mol. The van der Waals surface area contributed by atoms with Crippen LogP contribution in [0.15, 0.2) is 24.5 Å². The second-order valence-electron chi connectivity index (χ2n) is 8.33. The first kappa shape index (κ1) is 21.5. The number of nitrogens with one attached hydrogen (secondary N) is 3. The second-order valence-corrected chi connectivity index (χ2v) is 8.33. The zero-order chi connectivity index (χ0) is 22.9. The van der Waals surface area contributed by atoms with E-state index < -0.39 is 11.6 Å². The third-order valence-corrected chi connectivity index (χ3v) is 6.04. The van der Waals surface area contributed by atoms with E-state index in [1.165, 1.54) is 12.1 Å². The maximum atomic E-state index is 14.8. The fraction of sp³-hybridized carbons (Fsp3) is 0.348. The molecule has 1 saturated heterocycles. The first-order chi connectivity index (χ1) is 16.0. The molecule has 1 aromatic carbocycles. The molecular weight excluding hydrogens is 428 g/mol. The molecule has 0 saturated carbocycles. The maximum absolute atomic E-state index is 14.8. The molecule has 10 heteroatoms. The normalized spacial score (nSPS) is 16.4. The van der Waals surface area contributed by atoms with Crippen molar-refractivity contribution in [2.24, 2.45) is 0 Å². The summed E-state index contributed by atoms with van der Waals surface area (Å²) in [5.74, 6) is -0.627. The van der Waals surface area contributed by atoms with Crippen molar-refractivity contribution in [2.75, 3.05) is 25.0 Å². The molecule has 0 bridgehead atoms. The SMILES string of the molecule is CNCc1cc(F)c(C2=Cc3c(-c4cnc(N5CCC(O)CC5)nc4)n[nH]c3CN2)c(F)c1. The zero-order valence-electron chi connectivity index (χ0n) is 18.2. The van der Waals surface area contributed by atoms with Gasteiger partial charge in [-0.25, -0.2) is 18.7 Å². The number of fused-ring (bicyclic) bond motifs is 1. The van der Waals surface area contributed by atoms with E-state index in [-0.39, 0.29) is 11.7 Å². The van der Waals surface area contributed by atoms with Crippen LogP contribution in [0.5, 0.6) is 0 Å². The monoisotopic (exact) mass is 453 g/mol. The van der Waals surface area contributed by atoms with Crippen LogP contribution in [-0.4, -0.2) is 51.5 Å². The van der Waals surface area contributed by atoms with Gasteiger partial charge in [0.25, 0.3) is 0 Å². The number of halogens is 2. The smallest absolute Gasteiger partial charge is 0.225 e. The van der Waals surface area contributed by atoms with Crippen LogP contribution in [0.25, 0.3) is 23.0 Å². The molecule has 3 aromatic rings. The Morgan fingerprint density at radius 2 is 1.85 bits per heavy atom. The number of H-pyrrole nitrogens is 1. The molecule has 4 N–H and O–H groups in total. The van der Waals surface area contributed by atoms with Crippen LogP contribution in [0.2, 0.25) is 0 Å². The van der Waals surface area contributed by atoms with Crippen molar-refractivity contribution in [3.63, 3.8) is 0 Å². The van der Waals surface area contributed by atoms with Crippen LogP contribution < -0.4 is 15.5 Å². The Labute approximate surface area is 189 Å². The van der Waals surface area contributed by atoms with E-state index in [1.54, 1.807) is 25.5 Å². The number of aromatic nitrogens is 4. The number of rotatable bonds is 5. The molecule has 2 aromatic heterocycles. The summed E-state index contributed by atoms with van der Waals surface area (Å²) in [6, 6.07) is 2.69. The standard InChI is InChI=1S/C23H25F2N7O/c1-26-9-13-6-17(24)21(18(25)7-13)19-8-16-20(12-27-19)30-31-22(16)14-10-28-23(29-11-14)32-4-2-15(33)3-5-32/h6-8,10-11,15,26-27,33H,2-5,9,12H2,1H3,(H,30,31). The third kappa shape index (κ3) is 4.19. The quantitative estimate of drug-likeness (QED) is 0.471. The van der Waals surface area contributed by atoms with Crippen LogP contribution in [0, 0.1) is 11.6 Å². The van der Waals surface area contributed by atoms with Gasteiger partial charge in [-0.2, -0.15) is 5.10 Å². The molecule has 0 radical (unpaired) electrons. The predicted octanol–water partition coefficient (Wildman–Crippen LogP) is 2.43. The number of hydrogen-bond acceptors (Lipinski definition) is 7. The molecule has 2 aliphatic heterocycles. The van der Waals surface area contributed by atoms with E-state index in [4.69, 9.17) is 0 Å². The molecule has 33 heavy (non-hydrogen) atoms. The first-order valence-electron chi connectivity index (χ1n) is 10.9. The largest absolute Gasteiger partial charge is 0.393 e. The lowest BCUT2D eigenvalue weighted by Gasteiger charge is -2.29. The summed E-state index contributed by atoms with van der Waals surface area (Å²) in [7, 11) is 1.73. The fourth-order valence-electron chi connectivity index (χ4n) is 4.30. The molecule has 0 spiro atoms. The number of aliphatic hydroxyl groups excluding tert-OH is 1. The van der Waals surface area contributed by atoms with Crippen LogP contribution in [0.1, 0.15) is 35.2 Å². The Kier molecular flexibility index (Phi) is 5.77. The van der Waals surface area contributed by atoms with Gasteiger partial charge in [-0.1, -0.05) is 0 Å². The number of hydrogen-bond donors (Lipinski definition) is 4. The summed E-state index contributed by atoms with van der Waals surface area (Å²) < 4.78 is 29.6. The highest BCUT2D eigenvalue weighted by Crippen LogP contribution is 2.32. The Morgan fingerprint density at radius 3 is 2.52 bits per heavy atom. The van der Waals surface area contributed by atoms with Gasteiger partial charge in [0, 0.05) is 48.9 Å². The minimum atomic E-state index is -0.619. The second kappa shape index (κ2) is 8.87. The molecular formula is C23H25F2N7O. The Morgan fingerprint density at radius 1 is 1.15 bits per heavy atom. The first-order valence-corrected chi connectivity index (χ1v) is 10.9. The van der Waals surface area contributed by atoms with Gasteiger partial charge >= 0.3 is 0 Å². The fourth-order valence-corrected chi connectivity index (χ4v) is 4.30. The summed E-state index contributed by atoms with van der Waals surface area (Å²) in [6.45, 7) is 2.16. The average Bonchev–Trinajstić information content (AvgIpc) is 3.23. The molecule has 0 unspecified atom stereocenters. The van der Waals surface area contributed by atoms with Gasteiger partial charge in [0.05, 0.1) is 23.9 Å². The summed E-state index contributed by atoms with van der Waals surface area (Å²) >= 11 is 0.